The molecule has 5 nitrogen and oxygen atoms in total. The Kier molecular flexibility index (Phi) is 3.93. The molecule has 3 atom stereocenters. The molecule has 3 unspecified atom stereocenters. The Morgan fingerprint density at radius 2 is 2.33 bits per heavy atom. The van der Waals surface area contributed by atoms with Gasteiger partial charge < -0.3 is 19.8 Å². The summed E-state index contributed by atoms with van der Waals surface area (Å²) in [5.74, 6) is 1.49. The van der Waals surface area contributed by atoms with Crippen molar-refractivity contribution in [2.75, 3.05) is 13.2 Å². The maximum atomic E-state index is 5.85. The van der Waals surface area contributed by atoms with E-state index in [9.17, 15) is 0 Å². The fourth-order valence-electron chi connectivity index (χ4n) is 3.64. The van der Waals surface area contributed by atoms with Crippen molar-refractivity contribution in [3.05, 3.63) is 24.2 Å². The molecule has 0 bridgehead atoms. The maximum absolute atomic E-state index is 5.85. The highest BCUT2D eigenvalue weighted by atomic mass is 16.5. The largest absolute Gasteiger partial charge is 0.472 e. The molecule has 116 valence electrons. The van der Waals surface area contributed by atoms with Gasteiger partial charge in [-0.1, -0.05) is 13.8 Å². The van der Waals surface area contributed by atoms with Crippen LogP contribution in [0.25, 0.3) is 0 Å². The van der Waals surface area contributed by atoms with Crippen LogP contribution in [0.15, 0.2) is 28.0 Å². The third-order valence-electron chi connectivity index (χ3n) is 4.74. The summed E-state index contributed by atoms with van der Waals surface area (Å²) in [6.07, 6.45) is 4.96. The molecule has 1 aliphatic carbocycles. The molecule has 2 aliphatic rings. The van der Waals surface area contributed by atoms with Crippen LogP contribution in [0.1, 0.15) is 32.8 Å². The molecular weight excluding hydrogens is 266 g/mol. The minimum atomic E-state index is 0.160. The Morgan fingerprint density at radius 3 is 3.05 bits per heavy atom. The van der Waals surface area contributed by atoms with Crippen LogP contribution in [-0.4, -0.2) is 31.3 Å². The van der Waals surface area contributed by atoms with Gasteiger partial charge in [0.15, 0.2) is 5.96 Å². The lowest BCUT2D eigenvalue weighted by Crippen LogP contribution is -2.67. The van der Waals surface area contributed by atoms with E-state index in [1.807, 2.05) is 6.07 Å². The maximum Gasteiger partial charge on any atom is 0.191 e. The van der Waals surface area contributed by atoms with Crippen LogP contribution in [-0.2, 0) is 11.3 Å². The molecule has 0 aromatic carbocycles. The number of nitrogens with one attached hydrogen (secondary N) is 2. The van der Waals surface area contributed by atoms with Crippen molar-refractivity contribution in [2.45, 2.75) is 45.9 Å². The van der Waals surface area contributed by atoms with Crippen LogP contribution < -0.4 is 10.6 Å². The van der Waals surface area contributed by atoms with Gasteiger partial charge in [0.25, 0.3) is 0 Å². The Labute approximate surface area is 126 Å². The van der Waals surface area contributed by atoms with Crippen molar-refractivity contribution in [3.63, 3.8) is 0 Å². The molecule has 0 spiro atoms. The smallest absolute Gasteiger partial charge is 0.191 e. The topological polar surface area (TPSA) is 58.8 Å². The average molecular weight is 291 g/mol. The normalized spacial score (nSPS) is 30.6. The van der Waals surface area contributed by atoms with E-state index < -0.39 is 0 Å². The third-order valence-corrected chi connectivity index (χ3v) is 4.74. The second-order valence-corrected chi connectivity index (χ2v) is 6.51. The molecule has 1 aromatic heterocycles. The monoisotopic (exact) mass is 291 g/mol. The fourth-order valence-corrected chi connectivity index (χ4v) is 3.64. The molecule has 1 saturated heterocycles. The van der Waals surface area contributed by atoms with Gasteiger partial charge in [-0.25, -0.2) is 4.99 Å². The number of rotatable bonds is 4. The number of guanidine groups is 1. The number of aliphatic imine (C=N–C) groups is 1. The lowest BCUT2D eigenvalue weighted by Gasteiger charge is -2.54. The van der Waals surface area contributed by atoms with E-state index >= 15 is 0 Å². The molecule has 21 heavy (non-hydrogen) atoms. The second-order valence-electron chi connectivity index (χ2n) is 6.51. The summed E-state index contributed by atoms with van der Waals surface area (Å²) in [6, 6.07) is 2.37. The van der Waals surface area contributed by atoms with Crippen molar-refractivity contribution in [1.82, 2.24) is 10.6 Å². The summed E-state index contributed by atoms with van der Waals surface area (Å²) in [5, 5.41) is 6.94. The lowest BCUT2D eigenvalue weighted by molar-refractivity contribution is -0.106. The molecule has 2 heterocycles. The first kappa shape index (κ1) is 14.4. The number of fused-ring (bicyclic) bond motifs is 1. The predicted octanol–water partition coefficient (Wildman–Crippen LogP) is 2.15. The minimum Gasteiger partial charge on any atom is -0.472 e. The third kappa shape index (κ3) is 2.67. The van der Waals surface area contributed by atoms with Gasteiger partial charge in [0.2, 0.25) is 0 Å². The first-order valence-corrected chi connectivity index (χ1v) is 7.80. The van der Waals surface area contributed by atoms with Crippen LogP contribution in [0, 0.1) is 11.3 Å². The summed E-state index contributed by atoms with van der Waals surface area (Å²) in [6.45, 7) is 9.01. The van der Waals surface area contributed by atoms with E-state index in [-0.39, 0.29) is 5.41 Å². The lowest BCUT2D eigenvalue weighted by atomic mass is 9.57. The van der Waals surface area contributed by atoms with Crippen molar-refractivity contribution in [2.24, 2.45) is 16.3 Å². The highest BCUT2D eigenvalue weighted by Gasteiger charge is 2.59. The van der Waals surface area contributed by atoms with Gasteiger partial charge in [-0.2, -0.15) is 0 Å². The summed E-state index contributed by atoms with van der Waals surface area (Å²) in [4.78, 5) is 4.65. The van der Waals surface area contributed by atoms with Gasteiger partial charge in [0.1, 0.15) is 0 Å². The predicted molar refractivity (Wildman–Crippen MR) is 82.1 cm³/mol. The van der Waals surface area contributed by atoms with Gasteiger partial charge in [-0.3, -0.25) is 0 Å². The summed E-state index contributed by atoms with van der Waals surface area (Å²) in [5.41, 5.74) is 1.25. The Bertz CT molecular complexity index is 496. The van der Waals surface area contributed by atoms with E-state index in [4.69, 9.17) is 9.15 Å². The summed E-state index contributed by atoms with van der Waals surface area (Å²) >= 11 is 0. The molecule has 3 rings (SSSR count). The number of nitrogens with zero attached hydrogens (tertiary/aromatic N) is 1. The number of furan rings is 1. The zero-order valence-electron chi connectivity index (χ0n) is 13.1. The molecule has 1 aliphatic heterocycles. The van der Waals surface area contributed by atoms with Crippen LogP contribution in [0.5, 0.6) is 0 Å². The van der Waals surface area contributed by atoms with E-state index in [2.05, 4.69) is 36.4 Å². The molecule has 2 fully saturated rings. The Morgan fingerprint density at radius 1 is 1.48 bits per heavy atom. The van der Waals surface area contributed by atoms with Gasteiger partial charge in [0.05, 0.1) is 25.2 Å². The number of ether oxygens (including phenoxy) is 1. The van der Waals surface area contributed by atoms with E-state index in [0.29, 0.717) is 24.6 Å². The zero-order chi connectivity index (χ0) is 14.9. The van der Waals surface area contributed by atoms with Gasteiger partial charge in [-0.15, -0.1) is 0 Å². The average Bonchev–Trinajstić information content (AvgIpc) is 3.11. The molecule has 0 radical (unpaired) electrons. The van der Waals surface area contributed by atoms with Crippen LogP contribution in [0.3, 0.4) is 0 Å². The second kappa shape index (κ2) is 5.72. The minimum absolute atomic E-state index is 0.160. The van der Waals surface area contributed by atoms with Crippen molar-refractivity contribution in [3.8, 4) is 0 Å². The van der Waals surface area contributed by atoms with Crippen LogP contribution in [0.4, 0.5) is 0 Å². The van der Waals surface area contributed by atoms with Gasteiger partial charge in [0, 0.05) is 36.1 Å². The molecule has 0 amide bonds. The number of hydrogen-bond acceptors (Lipinski definition) is 3. The zero-order valence-corrected chi connectivity index (χ0v) is 13.1. The first-order chi connectivity index (χ1) is 10.1. The van der Waals surface area contributed by atoms with Crippen LogP contribution in [0.2, 0.25) is 0 Å². The quantitative estimate of drug-likeness (QED) is 0.659. The Balaban J connectivity index is 1.66. The van der Waals surface area contributed by atoms with Crippen molar-refractivity contribution < 1.29 is 9.15 Å². The number of hydrogen-bond donors (Lipinski definition) is 2. The molecule has 1 aromatic rings. The van der Waals surface area contributed by atoms with Gasteiger partial charge >= 0.3 is 0 Å². The van der Waals surface area contributed by atoms with E-state index in [1.54, 1.807) is 12.5 Å². The molecule has 1 saturated carbocycles. The molecule has 2 N–H and O–H groups in total. The van der Waals surface area contributed by atoms with E-state index in [1.165, 1.54) is 0 Å². The standard InChI is InChI=1S/C16H25N3O2/c1-4-17-15(18-9-11-5-7-20-10-11)19-13-12-6-8-21-14(12)16(13,2)3/h5,7,10,12-14H,4,6,8-9H2,1-3H3,(H2,17,18,19). The Hall–Kier alpha value is -1.49. The molecule has 5 heteroatoms. The highest BCUT2D eigenvalue weighted by Crippen LogP contribution is 2.52. The first-order valence-electron chi connectivity index (χ1n) is 7.80. The summed E-state index contributed by atoms with van der Waals surface area (Å²) in [7, 11) is 0. The fraction of sp³-hybridized carbons (Fsp3) is 0.688. The van der Waals surface area contributed by atoms with Crippen LogP contribution >= 0.6 is 0 Å². The van der Waals surface area contributed by atoms with Crippen molar-refractivity contribution in [1.29, 1.82) is 0 Å². The molecular formula is C16H25N3O2. The van der Waals surface area contributed by atoms with Crippen molar-refractivity contribution >= 4 is 5.96 Å². The van der Waals surface area contributed by atoms with E-state index in [0.717, 1.165) is 31.1 Å². The van der Waals surface area contributed by atoms with Gasteiger partial charge in [-0.05, 0) is 19.4 Å². The SMILES string of the molecule is CCNC(=NCc1ccoc1)NC1C2CCOC2C1(C)C. The highest BCUT2D eigenvalue weighted by molar-refractivity contribution is 5.80. The summed E-state index contributed by atoms with van der Waals surface area (Å²) < 4.78 is 10.9.